The van der Waals surface area contributed by atoms with Crippen molar-refractivity contribution in [3.63, 3.8) is 0 Å². The molecule has 3 unspecified atom stereocenters. The molecule has 1 saturated carbocycles. The highest BCUT2D eigenvalue weighted by Crippen LogP contribution is 2.34. The van der Waals surface area contributed by atoms with Crippen molar-refractivity contribution in [2.24, 2.45) is 11.8 Å². The first kappa shape index (κ1) is 11.7. The highest BCUT2D eigenvalue weighted by atomic mass is 14.9. The zero-order chi connectivity index (χ0) is 11.5. The summed E-state index contributed by atoms with van der Waals surface area (Å²) in [6, 6.07) is 9.76. The van der Waals surface area contributed by atoms with E-state index in [1.54, 1.807) is 0 Å². The summed E-state index contributed by atoms with van der Waals surface area (Å²) in [6.07, 6.45) is 3.97. The molecular formula is C15H23N. The quantitative estimate of drug-likeness (QED) is 0.820. The Bertz CT molecular complexity index is 328. The van der Waals surface area contributed by atoms with Crippen LogP contribution in [0.5, 0.6) is 0 Å². The fourth-order valence-corrected chi connectivity index (χ4v) is 2.97. The molecule has 0 saturated heterocycles. The Morgan fingerprint density at radius 3 is 2.44 bits per heavy atom. The summed E-state index contributed by atoms with van der Waals surface area (Å²) >= 11 is 0. The van der Waals surface area contributed by atoms with Gasteiger partial charge in [-0.3, -0.25) is 0 Å². The summed E-state index contributed by atoms with van der Waals surface area (Å²) in [4.78, 5) is 0. The Morgan fingerprint density at radius 2 is 1.88 bits per heavy atom. The van der Waals surface area contributed by atoms with Crippen molar-refractivity contribution in [1.82, 2.24) is 5.32 Å². The fraction of sp³-hybridized carbons (Fsp3) is 0.600. The van der Waals surface area contributed by atoms with Gasteiger partial charge >= 0.3 is 0 Å². The largest absolute Gasteiger partial charge is 0.317 e. The van der Waals surface area contributed by atoms with E-state index < -0.39 is 0 Å². The van der Waals surface area contributed by atoms with Crippen LogP contribution in [0.1, 0.15) is 30.9 Å². The van der Waals surface area contributed by atoms with E-state index in [1.165, 1.54) is 30.4 Å². The molecule has 1 heteroatoms. The van der Waals surface area contributed by atoms with Gasteiger partial charge in [-0.15, -0.1) is 0 Å². The van der Waals surface area contributed by atoms with Crippen LogP contribution in [0.3, 0.4) is 0 Å². The topological polar surface area (TPSA) is 12.0 Å². The normalized spacial score (nSPS) is 29.6. The van der Waals surface area contributed by atoms with Gasteiger partial charge in [0.2, 0.25) is 0 Å². The van der Waals surface area contributed by atoms with Crippen LogP contribution in [0.2, 0.25) is 0 Å². The molecule has 0 spiro atoms. The first-order valence-corrected chi connectivity index (χ1v) is 6.43. The smallest absolute Gasteiger partial charge is 0.00925 e. The molecule has 1 aliphatic carbocycles. The number of hydrogen-bond donors (Lipinski definition) is 1. The van der Waals surface area contributed by atoms with Crippen LogP contribution in [0, 0.1) is 18.8 Å². The third-order valence-corrected chi connectivity index (χ3v) is 4.22. The van der Waals surface area contributed by atoms with Crippen molar-refractivity contribution in [2.75, 3.05) is 7.05 Å². The highest BCUT2D eigenvalue weighted by molar-refractivity contribution is 5.22. The maximum absolute atomic E-state index is 3.44. The SMILES string of the molecule is CNC1CCC(Cc2ccc(C)cc2)C1C. The molecule has 1 aromatic carbocycles. The van der Waals surface area contributed by atoms with E-state index in [0.717, 1.165) is 17.9 Å². The highest BCUT2D eigenvalue weighted by Gasteiger charge is 2.31. The van der Waals surface area contributed by atoms with Gasteiger partial charge in [-0.2, -0.15) is 0 Å². The van der Waals surface area contributed by atoms with Crippen LogP contribution >= 0.6 is 0 Å². The molecule has 16 heavy (non-hydrogen) atoms. The summed E-state index contributed by atoms with van der Waals surface area (Å²) in [6.45, 7) is 4.55. The molecule has 3 atom stereocenters. The van der Waals surface area contributed by atoms with Crippen LogP contribution < -0.4 is 5.32 Å². The molecule has 0 aliphatic heterocycles. The molecule has 1 nitrogen and oxygen atoms in total. The molecule has 1 aliphatic rings. The molecule has 0 bridgehead atoms. The van der Waals surface area contributed by atoms with Crippen molar-refractivity contribution in [1.29, 1.82) is 0 Å². The maximum atomic E-state index is 3.44. The average Bonchev–Trinajstić information content (AvgIpc) is 2.63. The molecule has 1 N–H and O–H groups in total. The molecule has 2 rings (SSSR count). The van der Waals surface area contributed by atoms with Gasteiger partial charge in [0.1, 0.15) is 0 Å². The molecule has 1 fully saturated rings. The molecule has 88 valence electrons. The van der Waals surface area contributed by atoms with Crippen molar-refractivity contribution in [3.8, 4) is 0 Å². The van der Waals surface area contributed by atoms with Gasteiger partial charge in [0.15, 0.2) is 0 Å². The molecule has 1 aromatic rings. The van der Waals surface area contributed by atoms with Crippen LogP contribution in [-0.2, 0) is 6.42 Å². The number of hydrogen-bond acceptors (Lipinski definition) is 1. The Hall–Kier alpha value is -0.820. The monoisotopic (exact) mass is 217 g/mol. The van der Waals surface area contributed by atoms with Gasteiger partial charge in [-0.25, -0.2) is 0 Å². The van der Waals surface area contributed by atoms with Gasteiger partial charge < -0.3 is 5.32 Å². The van der Waals surface area contributed by atoms with E-state index in [9.17, 15) is 0 Å². The second-order valence-electron chi connectivity index (χ2n) is 5.28. The van der Waals surface area contributed by atoms with Crippen molar-refractivity contribution >= 4 is 0 Å². The van der Waals surface area contributed by atoms with Gasteiger partial charge in [0.05, 0.1) is 0 Å². The lowest BCUT2D eigenvalue weighted by Gasteiger charge is -2.20. The van der Waals surface area contributed by atoms with Gasteiger partial charge in [0, 0.05) is 6.04 Å². The zero-order valence-electron chi connectivity index (χ0n) is 10.7. The van der Waals surface area contributed by atoms with E-state index in [0.29, 0.717) is 0 Å². The van der Waals surface area contributed by atoms with Crippen LogP contribution in [0.4, 0.5) is 0 Å². The van der Waals surface area contributed by atoms with Gasteiger partial charge in [0.25, 0.3) is 0 Å². The predicted octanol–water partition coefficient (Wildman–Crippen LogP) is 3.17. The maximum Gasteiger partial charge on any atom is 0.00925 e. The number of aryl methyl sites for hydroxylation is 1. The number of rotatable bonds is 3. The van der Waals surface area contributed by atoms with E-state index in [4.69, 9.17) is 0 Å². The van der Waals surface area contributed by atoms with E-state index in [1.807, 2.05) is 0 Å². The Balaban J connectivity index is 1.98. The van der Waals surface area contributed by atoms with Crippen molar-refractivity contribution in [3.05, 3.63) is 35.4 Å². The summed E-state index contributed by atoms with van der Waals surface area (Å²) in [5, 5.41) is 3.44. The number of nitrogens with one attached hydrogen (secondary N) is 1. The van der Waals surface area contributed by atoms with E-state index >= 15 is 0 Å². The molecule has 0 radical (unpaired) electrons. The van der Waals surface area contributed by atoms with Gasteiger partial charge in [-0.1, -0.05) is 36.8 Å². The lowest BCUT2D eigenvalue weighted by molar-refractivity contribution is 0.364. The van der Waals surface area contributed by atoms with E-state index in [-0.39, 0.29) is 0 Å². The van der Waals surface area contributed by atoms with Crippen LogP contribution in [0.25, 0.3) is 0 Å². The van der Waals surface area contributed by atoms with E-state index in [2.05, 4.69) is 50.5 Å². The second kappa shape index (κ2) is 5.01. The van der Waals surface area contributed by atoms with Crippen LogP contribution in [-0.4, -0.2) is 13.1 Å². The summed E-state index contributed by atoms with van der Waals surface area (Å²) in [5.41, 5.74) is 2.86. The lowest BCUT2D eigenvalue weighted by Crippen LogP contribution is -2.29. The third-order valence-electron chi connectivity index (χ3n) is 4.22. The summed E-state index contributed by atoms with van der Waals surface area (Å²) in [7, 11) is 2.09. The fourth-order valence-electron chi connectivity index (χ4n) is 2.97. The molecule has 0 amide bonds. The van der Waals surface area contributed by atoms with Crippen molar-refractivity contribution < 1.29 is 0 Å². The summed E-state index contributed by atoms with van der Waals surface area (Å²) in [5.74, 6) is 1.67. The molecule has 0 heterocycles. The summed E-state index contributed by atoms with van der Waals surface area (Å²) < 4.78 is 0. The zero-order valence-corrected chi connectivity index (χ0v) is 10.7. The second-order valence-corrected chi connectivity index (χ2v) is 5.28. The first-order chi connectivity index (χ1) is 7.70. The number of benzene rings is 1. The van der Waals surface area contributed by atoms with Crippen LogP contribution in [0.15, 0.2) is 24.3 Å². The Labute approximate surface area is 99.3 Å². The Kier molecular flexibility index (Phi) is 3.65. The minimum Gasteiger partial charge on any atom is -0.317 e. The molecule has 0 aromatic heterocycles. The standard InChI is InChI=1S/C15H23N/c1-11-4-6-13(7-5-11)10-14-8-9-15(16-3)12(14)2/h4-7,12,14-16H,8-10H2,1-3H3. The average molecular weight is 217 g/mol. The van der Waals surface area contributed by atoms with Crippen molar-refractivity contribution in [2.45, 2.75) is 39.2 Å². The minimum atomic E-state index is 0.732. The Morgan fingerprint density at radius 1 is 1.19 bits per heavy atom. The lowest BCUT2D eigenvalue weighted by atomic mass is 9.89. The van der Waals surface area contributed by atoms with Gasteiger partial charge in [-0.05, 0) is 50.6 Å². The third kappa shape index (κ3) is 2.46. The minimum absolute atomic E-state index is 0.732. The predicted molar refractivity (Wildman–Crippen MR) is 69.6 cm³/mol. The first-order valence-electron chi connectivity index (χ1n) is 6.43. The molecular weight excluding hydrogens is 194 g/mol.